The van der Waals surface area contributed by atoms with Crippen LogP contribution in [0.1, 0.15) is 53.0 Å². The summed E-state index contributed by atoms with van der Waals surface area (Å²) in [5, 5.41) is 4.55. The van der Waals surface area contributed by atoms with E-state index < -0.39 is 0 Å². The van der Waals surface area contributed by atoms with Gasteiger partial charge in [0, 0.05) is 21.5 Å². The summed E-state index contributed by atoms with van der Waals surface area (Å²) >= 11 is 0. The van der Waals surface area contributed by atoms with E-state index >= 15 is 0 Å². The van der Waals surface area contributed by atoms with E-state index in [-0.39, 0.29) is 12.2 Å². The lowest BCUT2D eigenvalue weighted by Crippen LogP contribution is -2.12. The Balaban J connectivity index is 2.36. The van der Waals surface area contributed by atoms with Gasteiger partial charge in [-0.15, -0.1) is 0 Å². The normalized spacial score (nSPS) is 13.7. The van der Waals surface area contributed by atoms with Gasteiger partial charge in [-0.2, -0.15) is 0 Å². The third-order valence-corrected chi connectivity index (χ3v) is 5.19. The van der Waals surface area contributed by atoms with E-state index in [9.17, 15) is 0 Å². The van der Waals surface area contributed by atoms with Gasteiger partial charge in [-0.3, -0.25) is 0 Å². The first kappa shape index (κ1) is 18.6. The molecule has 0 radical (unpaired) electrons. The molecule has 2 heteroatoms. The first-order valence-corrected chi connectivity index (χ1v) is 9.89. The Hall–Kier alpha value is -2.22. The molecule has 3 aromatic rings. The molecule has 0 saturated heterocycles. The molecule has 3 rings (SSSR count). The standard InChI is InChI=1S/C24H30O2/c1-6-16(4)25-23-19-11-9-10-12-20(19)24(26-17(5)7-2)22-15-18(8-3)13-14-21(22)23/h9-17H,6-8H2,1-5H3. The van der Waals surface area contributed by atoms with Gasteiger partial charge in [0.15, 0.2) is 0 Å². The molecule has 2 atom stereocenters. The molecule has 0 saturated carbocycles. The van der Waals surface area contributed by atoms with Crippen molar-refractivity contribution in [1.82, 2.24) is 0 Å². The van der Waals surface area contributed by atoms with Crippen LogP contribution >= 0.6 is 0 Å². The Labute approximate surface area is 157 Å². The molecule has 0 aliphatic rings. The molecule has 2 unspecified atom stereocenters. The summed E-state index contributed by atoms with van der Waals surface area (Å²) in [6.07, 6.45) is 3.32. The fourth-order valence-electron chi connectivity index (χ4n) is 3.19. The minimum Gasteiger partial charge on any atom is -0.489 e. The lowest BCUT2D eigenvalue weighted by Gasteiger charge is -2.22. The summed E-state index contributed by atoms with van der Waals surface area (Å²) < 4.78 is 12.8. The molecule has 0 aliphatic carbocycles. The summed E-state index contributed by atoms with van der Waals surface area (Å²) in [7, 11) is 0. The Bertz CT molecular complexity index is 897. The van der Waals surface area contributed by atoms with Crippen molar-refractivity contribution in [3.8, 4) is 11.5 Å². The molecule has 0 amide bonds. The van der Waals surface area contributed by atoms with Gasteiger partial charge < -0.3 is 9.47 Å². The van der Waals surface area contributed by atoms with E-state index in [1.165, 1.54) is 5.56 Å². The average Bonchev–Trinajstić information content (AvgIpc) is 2.69. The monoisotopic (exact) mass is 350 g/mol. The first-order valence-electron chi connectivity index (χ1n) is 9.89. The third kappa shape index (κ3) is 3.51. The second-order valence-electron chi connectivity index (χ2n) is 7.11. The Morgan fingerprint density at radius 2 is 1.19 bits per heavy atom. The molecule has 0 heterocycles. The van der Waals surface area contributed by atoms with Crippen LogP contribution in [0.4, 0.5) is 0 Å². The van der Waals surface area contributed by atoms with Gasteiger partial charge in [0.1, 0.15) is 11.5 Å². The van der Waals surface area contributed by atoms with Crippen molar-refractivity contribution in [3.63, 3.8) is 0 Å². The van der Waals surface area contributed by atoms with Crippen molar-refractivity contribution < 1.29 is 9.47 Å². The maximum atomic E-state index is 6.42. The van der Waals surface area contributed by atoms with Crippen molar-refractivity contribution in [2.75, 3.05) is 0 Å². The number of benzene rings is 3. The second kappa shape index (κ2) is 7.99. The highest BCUT2D eigenvalue weighted by molar-refractivity contribution is 6.11. The SMILES string of the molecule is CCc1ccc2c(OC(C)CC)c3ccccc3c(OC(C)CC)c2c1. The number of hydrogen-bond donors (Lipinski definition) is 0. The zero-order chi connectivity index (χ0) is 18.7. The summed E-state index contributed by atoms with van der Waals surface area (Å²) in [6.45, 7) is 10.8. The minimum absolute atomic E-state index is 0.174. The van der Waals surface area contributed by atoms with Crippen LogP contribution in [0.15, 0.2) is 42.5 Å². The first-order chi connectivity index (χ1) is 12.6. The summed E-state index contributed by atoms with van der Waals surface area (Å²) in [4.78, 5) is 0. The number of hydrogen-bond acceptors (Lipinski definition) is 2. The highest BCUT2D eigenvalue weighted by Crippen LogP contribution is 2.44. The average molecular weight is 351 g/mol. The topological polar surface area (TPSA) is 18.5 Å². The fraction of sp³-hybridized carbons (Fsp3) is 0.417. The molecule has 0 fully saturated rings. The maximum absolute atomic E-state index is 6.42. The van der Waals surface area contributed by atoms with E-state index in [1.54, 1.807) is 0 Å². The molecule has 0 N–H and O–H groups in total. The van der Waals surface area contributed by atoms with E-state index in [2.05, 4.69) is 77.1 Å². The van der Waals surface area contributed by atoms with Crippen LogP contribution < -0.4 is 9.47 Å². The predicted molar refractivity (Wildman–Crippen MR) is 112 cm³/mol. The van der Waals surface area contributed by atoms with Crippen LogP contribution in [0, 0.1) is 0 Å². The number of fused-ring (bicyclic) bond motifs is 2. The largest absolute Gasteiger partial charge is 0.489 e. The fourth-order valence-corrected chi connectivity index (χ4v) is 3.19. The Morgan fingerprint density at radius 1 is 0.692 bits per heavy atom. The van der Waals surface area contributed by atoms with Gasteiger partial charge in [0.25, 0.3) is 0 Å². The van der Waals surface area contributed by atoms with Gasteiger partial charge in [-0.25, -0.2) is 0 Å². The predicted octanol–water partition coefficient (Wildman–Crippen LogP) is 6.91. The molecular weight excluding hydrogens is 320 g/mol. The van der Waals surface area contributed by atoms with Crippen LogP contribution in [0.3, 0.4) is 0 Å². The van der Waals surface area contributed by atoms with Gasteiger partial charge in [0.05, 0.1) is 12.2 Å². The van der Waals surface area contributed by atoms with E-state index in [0.717, 1.165) is 52.3 Å². The van der Waals surface area contributed by atoms with Crippen LogP contribution in [-0.4, -0.2) is 12.2 Å². The molecule has 0 aromatic heterocycles. The van der Waals surface area contributed by atoms with Crippen molar-refractivity contribution in [3.05, 3.63) is 48.0 Å². The molecule has 26 heavy (non-hydrogen) atoms. The van der Waals surface area contributed by atoms with Gasteiger partial charge >= 0.3 is 0 Å². The molecule has 2 nitrogen and oxygen atoms in total. The van der Waals surface area contributed by atoms with Crippen molar-refractivity contribution >= 4 is 21.5 Å². The smallest absolute Gasteiger partial charge is 0.135 e. The molecule has 3 aromatic carbocycles. The third-order valence-electron chi connectivity index (χ3n) is 5.19. The zero-order valence-electron chi connectivity index (χ0n) is 16.6. The Kier molecular flexibility index (Phi) is 5.70. The number of ether oxygens (including phenoxy) is 2. The van der Waals surface area contributed by atoms with Gasteiger partial charge in [-0.05, 0) is 44.7 Å². The quantitative estimate of drug-likeness (QED) is 0.431. The van der Waals surface area contributed by atoms with E-state index in [0.29, 0.717) is 0 Å². The Morgan fingerprint density at radius 3 is 1.69 bits per heavy atom. The molecule has 0 bridgehead atoms. The second-order valence-corrected chi connectivity index (χ2v) is 7.11. The lowest BCUT2D eigenvalue weighted by molar-refractivity contribution is 0.219. The van der Waals surface area contributed by atoms with Crippen molar-refractivity contribution in [1.29, 1.82) is 0 Å². The van der Waals surface area contributed by atoms with Crippen LogP contribution in [0.25, 0.3) is 21.5 Å². The summed E-state index contributed by atoms with van der Waals surface area (Å²) in [5.74, 6) is 1.96. The lowest BCUT2D eigenvalue weighted by atomic mass is 9.98. The molecule has 0 aliphatic heterocycles. The molecule has 0 spiro atoms. The highest BCUT2D eigenvalue weighted by Gasteiger charge is 2.18. The van der Waals surface area contributed by atoms with E-state index in [1.807, 2.05) is 0 Å². The summed E-state index contributed by atoms with van der Waals surface area (Å²) in [6, 6.07) is 15.1. The zero-order valence-corrected chi connectivity index (χ0v) is 16.6. The van der Waals surface area contributed by atoms with Crippen molar-refractivity contribution in [2.45, 2.75) is 66.1 Å². The highest BCUT2D eigenvalue weighted by atomic mass is 16.5. The summed E-state index contributed by atoms with van der Waals surface area (Å²) in [5.41, 5.74) is 1.32. The maximum Gasteiger partial charge on any atom is 0.135 e. The van der Waals surface area contributed by atoms with Crippen molar-refractivity contribution in [2.24, 2.45) is 0 Å². The minimum atomic E-state index is 0.174. The molecular formula is C24H30O2. The van der Waals surface area contributed by atoms with Crippen LogP contribution in [0.5, 0.6) is 11.5 Å². The van der Waals surface area contributed by atoms with Gasteiger partial charge in [0.2, 0.25) is 0 Å². The molecule has 138 valence electrons. The number of rotatable bonds is 7. The van der Waals surface area contributed by atoms with E-state index in [4.69, 9.17) is 9.47 Å². The van der Waals surface area contributed by atoms with Crippen LogP contribution in [0.2, 0.25) is 0 Å². The van der Waals surface area contributed by atoms with Gasteiger partial charge in [-0.1, -0.05) is 57.2 Å². The van der Waals surface area contributed by atoms with Crippen LogP contribution in [-0.2, 0) is 6.42 Å². The number of aryl methyl sites for hydroxylation is 1.